The minimum atomic E-state index is -4.45. The number of nitrogen functional groups attached to an aromatic ring is 1. The summed E-state index contributed by atoms with van der Waals surface area (Å²) in [7, 11) is 0. The highest BCUT2D eigenvalue weighted by Gasteiger charge is 2.35. The Hall–Kier alpha value is -1.72. The third-order valence-electron chi connectivity index (χ3n) is 1.90. The molecule has 0 saturated heterocycles. The lowest BCUT2D eigenvalue weighted by molar-refractivity contribution is -0.139. The molecule has 6 heteroatoms. The van der Waals surface area contributed by atoms with E-state index in [1.54, 1.807) is 6.07 Å². The van der Waals surface area contributed by atoms with E-state index in [-0.39, 0.29) is 16.6 Å². The number of nitrogens with one attached hydrogen (secondary N) is 1. The Morgan fingerprint density at radius 2 is 2.00 bits per heavy atom. The van der Waals surface area contributed by atoms with Crippen LogP contribution in [0.25, 0.3) is 10.9 Å². The number of aromatic amines is 1. The highest BCUT2D eigenvalue weighted by molar-refractivity contribution is 5.92. The van der Waals surface area contributed by atoms with Crippen LogP contribution in [0.3, 0.4) is 0 Å². The molecule has 2 rings (SSSR count). The van der Waals surface area contributed by atoms with Crippen LogP contribution in [0, 0.1) is 0 Å². The summed E-state index contributed by atoms with van der Waals surface area (Å²) in [6.07, 6.45) is -4.45. The van der Waals surface area contributed by atoms with Crippen molar-refractivity contribution in [2.24, 2.45) is 0 Å². The second kappa shape index (κ2) is 2.63. The molecule has 0 amide bonds. The van der Waals surface area contributed by atoms with Gasteiger partial charge in [0.05, 0.1) is 10.9 Å². The van der Waals surface area contributed by atoms with E-state index in [0.29, 0.717) is 0 Å². The maximum atomic E-state index is 12.4. The average Bonchev–Trinajstić information content (AvgIpc) is 2.47. The van der Waals surface area contributed by atoms with Crippen molar-refractivity contribution in [3.63, 3.8) is 0 Å². The molecule has 0 aliphatic rings. The van der Waals surface area contributed by atoms with Gasteiger partial charge in [0.25, 0.3) is 0 Å². The smallest absolute Gasteiger partial charge is 0.398 e. The van der Waals surface area contributed by atoms with Gasteiger partial charge in [-0.15, -0.1) is 0 Å². The summed E-state index contributed by atoms with van der Waals surface area (Å²) in [5.74, 6) is 0. The lowest BCUT2D eigenvalue weighted by Crippen LogP contribution is -2.06. The Bertz CT molecular complexity index is 472. The van der Waals surface area contributed by atoms with Crippen molar-refractivity contribution in [2.75, 3.05) is 5.73 Å². The van der Waals surface area contributed by atoms with Crippen molar-refractivity contribution in [1.29, 1.82) is 0 Å². The molecule has 1 aromatic heterocycles. The number of aromatic nitrogens is 2. The second-order valence-electron chi connectivity index (χ2n) is 2.84. The topological polar surface area (TPSA) is 54.7 Å². The van der Waals surface area contributed by atoms with Crippen LogP contribution >= 0.6 is 0 Å². The van der Waals surface area contributed by atoms with Crippen molar-refractivity contribution in [3.8, 4) is 0 Å². The van der Waals surface area contributed by atoms with Crippen molar-refractivity contribution >= 4 is 16.6 Å². The van der Waals surface area contributed by atoms with Gasteiger partial charge >= 0.3 is 6.18 Å². The van der Waals surface area contributed by atoms with Gasteiger partial charge in [-0.2, -0.15) is 18.3 Å². The summed E-state index contributed by atoms with van der Waals surface area (Å²) < 4.78 is 37.2. The van der Waals surface area contributed by atoms with Crippen molar-refractivity contribution < 1.29 is 13.2 Å². The number of hydrogen-bond acceptors (Lipinski definition) is 2. The maximum absolute atomic E-state index is 12.4. The van der Waals surface area contributed by atoms with E-state index in [4.69, 9.17) is 5.73 Å². The average molecular weight is 201 g/mol. The third-order valence-corrected chi connectivity index (χ3v) is 1.90. The number of alkyl halides is 3. The Morgan fingerprint density at radius 1 is 1.29 bits per heavy atom. The van der Waals surface area contributed by atoms with Crippen LogP contribution in [0.2, 0.25) is 0 Å². The van der Waals surface area contributed by atoms with E-state index < -0.39 is 11.9 Å². The third kappa shape index (κ3) is 1.19. The Balaban J connectivity index is 2.80. The molecule has 0 radical (unpaired) electrons. The molecule has 3 N–H and O–H groups in total. The van der Waals surface area contributed by atoms with E-state index in [1.165, 1.54) is 12.1 Å². The van der Waals surface area contributed by atoms with Gasteiger partial charge in [0.1, 0.15) is 5.69 Å². The normalized spacial score (nSPS) is 12.2. The molecule has 2 aromatic rings. The van der Waals surface area contributed by atoms with Crippen molar-refractivity contribution in [1.82, 2.24) is 10.2 Å². The van der Waals surface area contributed by atoms with Crippen LogP contribution in [-0.2, 0) is 6.18 Å². The van der Waals surface area contributed by atoms with E-state index in [1.807, 2.05) is 5.10 Å². The van der Waals surface area contributed by atoms with Crippen LogP contribution in [-0.4, -0.2) is 10.2 Å². The number of H-pyrrole nitrogens is 1. The Labute approximate surface area is 76.7 Å². The maximum Gasteiger partial charge on any atom is 0.433 e. The highest BCUT2D eigenvalue weighted by atomic mass is 19.4. The van der Waals surface area contributed by atoms with E-state index >= 15 is 0 Å². The summed E-state index contributed by atoms with van der Waals surface area (Å²) in [5, 5.41) is 5.39. The number of hydrogen-bond donors (Lipinski definition) is 2. The monoisotopic (exact) mass is 201 g/mol. The van der Waals surface area contributed by atoms with E-state index in [0.717, 1.165) is 0 Å². The first-order valence-electron chi connectivity index (χ1n) is 3.80. The van der Waals surface area contributed by atoms with Crippen LogP contribution in [0.1, 0.15) is 5.69 Å². The molecule has 3 nitrogen and oxygen atoms in total. The second-order valence-corrected chi connectivity index (χ2v) is 2.84. The molecule has 0 saturated carbocycles. The molecule has 0 atom stereocenters. The molecule has 1 heterocycles. The van der Waals surface area contributed by atoms with Gasteiger partial charge in [0.15, 0.2) is 0 Å². The van der Waals surface area contributed by atoms with E-state index in [9.17, 15) is 13.2 Å². The Morgan fingerprint density at radius 3 is 2.64 bits per heavy atom. The summed E-state index contributed by atoms with van der Waals surface area (Å²) in [6.45, 7) is 0. The molecule has 0 aliphatic heterocycles. The van der Waals surface area contributed by atoms with Crippen LogP contribution in [0.5, 0.6) is 0 Å². The largest absolute Gasteiger partial charge is 0.433 e. The number of fused-ring (bicyclic) bond motifs is 1. The first kappa shape index (κ1) is 8.86. The van der Waals surface area contributed by atoms with Crippen LogP contribution in [0.4, 0.5) is 18.9 Å². The summed E-state index contributed by atoms with van der Waals surface area (Å²) in [4.78, 5) is 0. The molecule has 74 valence electrons. The first-order valence-corrected chi connectivity index (χ1v) is 3.80. The molecule has 0 unspecified atom stereocenters. The number of benzene rings is 1. The zero-order valence-corrected chi connectivity index (χ0v) is 6.89. The van der Waals surface area contributed by atoms with Gasteiger partial charge in [-0.1, -0.05) is 6.07 Å². The van der Waals surface area contributed by atoms with E-state index in [2.05, 4.69) is 5.10 Å². The molecule has 0 spiro atoms. The quantitative estimate of drug-likeness (QED) is 0.641. The minimum Gasteiger partial charge on any atom is -0.398 e. The molecule has 0 bridgehead atoms. The number of nitrogens with zero attached hydrogens (tertiary/aromatic N) is 1. The summed E-state index contributed by atoms with van der Waals surface area (Å²) >= 11 is 0. The van der Waals surface area contributed by atoms with Crippen molar-refractivity contribution in [3.05, 3.63) is 23.9 Å². The molecular formula is C8H6F3N3. The minimum absolute atomic E-state index is 0.0694. The van der Waals surface area contributed by atoms with Gasteiger partial charge in [0.2, 0.25) is 0 Å². The molecule has 0 aliphatic carbocycles. The number of halogens is 3. The fourth-order valence-electron chi connectivity index (χ4n) is 1.30. The van der Waals surface area contributed by atoms with Crippen LogP contribution < -0.4 is 5.73 Å². The molecular weight excluding hydrogens is 195 g/mol. The zero-order valence-electron chi connectivity index (χ0n) is 6.89. The lowest BCUT2D eigenvalue weighted by Gasteiger charge is -2.04. The van der Waals surface area contributed by atoms with Crippen LogP contribution in [0.15, 0.2) is 18.2 Å². The highest BCUT2D eigenvalue weighted by Crippen LogP contribution is 2.35. The summed E-state index contributed by atoms with van der Waals surface area (Å²) in [6, 6.07) is 4.43. The predicted molar refractivity (Wildman–Crippen MR) is 45.5 cm³/mol. The summed E-state index contributed by atoms with van der Waals surface area (Å²) in [5.41, 5.74) is 4.83. The SMILES string of the molecule is Nc1cccc2n[nH]c(C(F)(F)F)c12. The van der Waals surface area contributed by atoms with Gasteiger partial charge < -0.3 is 5.73 Å². The van der Waals surface area contributed by atoms with Crippen molar-refractivity contribution in [2.45, 2.75) is 6.18 Å². The standard InChI is InChI=1S/C8H6F3N3/c9-8(10,11)7-6-4(12)2-1-3-5(6)13-14-7/h1-3H,12H2,(H,13,14). The fourth-order valence-corrected chi connectivity index (χ4v) is 1.30. The zero-order chi connectivity index (χ0) is 10.3. The molecule has 0 fully saturated rings. The number of nitrogens with two attached hydrogens (primary N) is 1. The van der Waals surface area contributed by atoms with Gasteiger partial charge in [-0.05, 0) is 12.1 Å². The number of rotatable bonds is 0. The van der Waals surface area contributed by atoms with Gasteiger partial charge in [-0.25, -0.2) is 0 Å². The number of anilines is 1. The fraction of sp³-hybridized carbons (Fsp3) is 0.125. The van der Waals surface area contributed by atoms with Gasteiger partial charge in [0, 0.05) is 5.69 Å². The van der Waals surface area contributed by atoms with Gasteiger partial charge in [-0.3, -0.25) is 5.10 Å². The lowest BCUT2D eigenvalue weighted by atomic mass is 10.1. The first-order chi connectivity index (χ1) is 6.50. The molecule has 1 aromatic carbocycles. The predicted octanol–water partition coefficient (Wildman–Crippen LogP) is 2.16. The Kier molecular flexibility index (Phi) is 1.67. The molecule has 14 heavy (non-hydrogen) atoms.